The normalized spacial score (nSPS) is 11.5. The second-order valence-electron chi connectivity index (χ2n) is 5.81. The number of ether oxygens (including phenoxy) is 1. The van der Waals surface area contributed by atoms with Gasteiger partial charge in [-0.05, 0) is 6.42 Å². The Morgan fingerprint density at radius 3 is 2.67 bits per heavy atom. The van der Waals surface area contributed by atoms with Gasteiger partial charge in [0.25, 0.3) is 5.19 Å². The molecule has 0 saturated heterocycles. The minimum absolute atomic E-state index is 0.285. The van der Waals surface area contributed by atoms with E-state index in [0.717, 1.165) is 19.4 Å². The lowest BCUT2D eigenvalue weighted by molar-refractivity contribution is -0.109. The van der Waals surface area contributed by atoms with Crippen molar-refractivity contribution in [2.45, 2.75) is 65.0 Å². The molecule has 6 nitrogen and oxygen atoms in total. The maximum atomic E-state index is 9.78. The summed E-state index contributed by atoms with van der Waals surface area (Å²) in [4.78, 5) is 13.7. The van der Waals surface area contributed by atoms with Gasteiger partial charge in [0.15, 0.2) is 0 Å². The second kappa shape index (κ2) is 16.7. The van der Waals surface area contributed by atoms with E-state index in [4.69, 9.17) is 4.74 Å². The number of aliphatic hydroxyl groups excluding tert-OH is 1. The van der Waals surface area contributed by atoms with Crippen LogP contribution in [0.25, 0.3) is 0 Å². The van der Waals surface area contributed by atoms with E-state index in [0.29, 0.717) is 17.8 Å². The van der Waals surface area contributed by atoms with Crippen molar-refractivity contribution in [2.24, 2.45) is 0 Å². The molecule has 0 spiro atoms. The average molecular weight is 360 g/mol. The quantitative estimate of drug-likeness (QED) is 0.372. The highest BCUT2D eigenvalue weighted by atomic mass is 32.1. The molecule has 140 valence electrons. The number of rotatable bonds is 13. The molecule has 1 heterocycles. The Hall–Kier alpha value is -1.18. The van der Waals surface area contributed by atoms with E-state index in [1.54, 1.807) is 6.20 Å². The van der Waals surface area contributed by atoms with Crippen molar-refractivity contribution in [3.05, 3.63) is 11.6 Å². The summed E-state index contributed by atoms with van der Waals surface area (Å²) in [5.41, 5.74) is 0. The van der Waals surface area contributed by atoms with E-state index < -0.39 is 6.10 Å². The lowest BCUT2D eigenvalue weighted by Crippen LogP contribution is -2.35. The van der Waals surface area contributed by atoms with Crippen LogP contribution in [-0.4, -0.2) is 48.3 Å². The molecule has 0 aliphatic rings. The molecule has 1 aromatic rings. The van der Waals surface area contributed by atoms with Crippen LogP contribution in [0.5, 0.6) is 5.19 Å². The van der Waals surface area contributed by atoms with Crippen molar-refractivity contribution in [3.8, 4) is 5.19 Å². The van der Waals surface area contributed by atoms with E-state index in [1.807, 2.05) is 19.2 Å². The topological polar surface area (TPSA) is 83.5 Å². The highest BCUT2D eigenvalue weighted by molar-refractivity contribution is 7.11. The van der Waals surface area contributed by atoms with Crippen LogP contribution in [0.15, 0.2) is 11.6 Å². The van der Waals surface area contributed by atoms with Crippen molar-refractivity contribution < 1.29 is 14.6 Å². The molecular formula is C17H33N3O3S. The monoisotopic (exact) mass is 359 g/mol. The van der Waals surface area contributed by atoms with Gasteiger partial charge in [-0.25, -0.2) is 4.98 Å². The standard InChI is InChI=1S/C9H16N2O2S.C8H17NO/c1-7(2)11-5-8(12)6-13-9-10-3-4-14-9;1-2-3-4-5-6-7-9-8-10/h3-4,7-8,11-12H,5-6H2,1-2H3;8H,2-7H2,1H3,(H,9,10). The van der Waals surface area contributed by atoms with Crippen LogP contribution < -0.4 is 15.4 Å². The lowest BCUT2D eigenvalue weighted by atomic mass is 10.1. The van der Waals surface area contributed by atoms with Gasteiger partial charge in [0.2, 0.25) is 6.41 Å². The molecule has 7 heteroatoms. The van der Waals surface area contributed by atoms with Crippen molar-refractivity contribution in [1.29, 1.82) is 0 Å². The number of aromatic nitrogens is 1. The third-order valence-electron chi connectivity index (χ3n) is 3.08. The fourth-order valence-corrected chi connectivity index (χ4v) is 2.27. The van der Waals surface area contributed by atoms with Crippen molar-refractivity contribution in [3.63, 3.8) is 0 Å². The first-order valence-electron chi connectivity index (χ1n) is 8.70. The third kappa shape index (κ3) is 15.7. The van der Waals surface area contributed by atoms with Gasteiger partial charge in [-0.3, -0.25) is 4.79 Å². The second-order valence-corrected chi connectivity index (χ2v) is 6.67. The van der Waals surface area contributed by atoms with E-state index >= 15 is 0 Å². The number of hydrogen-bond acceptors (Lipinski definition) is 6. The van der Waals surface area contributed by atoms with Gasteiger partial charge in [0.1, 0.15) is 12.7 Å². The first kappa shape index (κ1) is 22.8. The van der Waals surface area contributed by atoms with E-state index in [1.165, 1.54) is 37.0 Å². The Balaban J connectivity index is 0.000000470. The molecule has 0 bridgehead atoms. The van der Waals surface area contributed by atoms with Crippen molar-refractivity contribution in [2.75, 3.05) is 19.7 Å². The molecule has 1 unspecified atom stereocenters. The molecule has 1 aromatic heterocycles. The fourth-order valence-electron chi connectivity index (χ4n) is 1.77. The molecule has 1 atom stereocenters. The summed E-state index contributed by atoms with van der Waals surface area (Å²) in [6.45, 7) is 7.94. The molecule has 0 aliphatic carbocycles. The summed E-state index contributed by atoms with van der Waals surface area (Å²) >= 11 is 1.42. The zero-order valence-corrected chi connectivity index (χ0v) is 16.0. The molecular weight excluding hydrogens is 326 g/mol. The van der Waals surface area contributed by atoms with Crippen LogP contribution in [0.3, 0.4) is 0 Å². The molecule has 1 rings (SSSR count). The Labute approximate surface area is 150 Å². The number of unbranched alkanes of at least 4 members (excludes halogenated alkanes) is 4. The Bertz CT molecular complexity index is 375. The van der Waals surface area contributed by atoms with Gasteiger partial charge >= 0.3 is 0 Å². The van der Waals surface area contributed by atoms with Crippen LogP contribution >= 0.6 is 11.3 Å². The minimum Gasteiger partial charge on any atom is -0.467 e. The maximum Gasteiger partial charge on any atom is 0.273 e. The minimum atomic E-state index is -0.485. The number of carbonyl (C=O) groups excluding carboxylic acids is 1. The van der Waals surface area contributed by atoms with Crippen LogP contribution in [0, 0.1) is 0 Å². The van der Waals surface area contributed by atoms with E-state index in [2.05, 4.69) is 22.5 Å². The van der Waals surface area contributed by atoms with Crippen molar-refractivity contribution >= 4 is 17.7 Å². The van der Waals surface area contributed by atoms with Crippen LogP contribution in [0.1, 0.15) is 52.9 Å². The summed E-state index contributed by atoms with van der Waals surface area (Å²) in [7, 11) is 0. The molecule has 0 saturated carbocycles. The van der Waals surface area contributed by atoms with E-state index in [9.17, 15) is 9.90 Å². The maximum absolute atomic E-state index is 9.78. The first-order valence-corrected chi connectivity index (χ1v) is 9.58. The van der Waals surface area contributed by atoms with Crippen molar-refractivity contribution in [1.82, 2.24) is 15.6 Å². The Morgan fingerprint density at radius 1 is 1.33 bits per heavy atom. The van der Waals surface area contributed by atoms with Crippen LogP contribution in [0.2, 0.25) is 0 Å². The lowest BCUT2D eigenvalue weighted by Gasteiger charge is -2.13. The predicted molar refractivity (Wildman–Crippen MR) is 99.6 cm³/mol. The summed E-state index contributed by atoms with van der Waals surface area (Å²) in [6, 6.07) is 0.379. The Kier molecular flexibility index (Phi) is 15.9. The van der Waals surface area contributed by atoms with Gasteiger partial charge in [0.05, 0.1) is 0 Å². The van der Waals surface area contributed by atoms with Gasteiger partial charge in [0, 0.05) is 30.7 Å². The summed E-state index contributed by atoms with van der Waals surface area (Å²) < 4.78 is 5.26. The summed E-state index contributed by atoms with van der Waals surface area (Å²) in [5.74, 6) is 0. The number of hydrogen-bond donors (Lipinski definition) is 3. The van der Waals surface area contributed by atoms with Crippen LogP contribution in [0.4, 0.5) is 0 Å². The summed E-state index contributed by atoms with van der Waals surface area (Å²) in [6.07, 6.45) is 8.23. The summed E-state index contributed by atoms with van der Waals surface area (Å²) in [5, 5.41) is 17.7. The van der Waals surface area contributed by atoms with Crippen LogP contribution in [-0.2, 0) is 4.79 Å². The largest absolute Gasteiger partial charge is 0.467 e. The average Bonchev–Trinajstić information content (AvgIpc) is 3.08. The number of thiazole rings is 1. The van der Waals surface area contributed by atoms with Gasteiger partial charge in [-0.1, -0.05) is 57.8 Å². The molecule has 1 amide bonds. The first-order chi connectivity index (χ1) is 11.6. The van der Waals surface area contributed by atoms with E-state index in [-0.39, 0.29) is 6.61 Å². The number of nitrogens with zero attached hydrogens (tertiary/aromatic N) is 1. The number of nitrogens with one attached hydrogen (secondary N) is 2. The number of carbonyl (C=O) groups is 1. The highest BCUT2D eigenvalue weighted by Gasteiger charge is 2.06. The SMILES string of the molecule is CC(C)NCC(O)COc1nccs1.CCCCCCCNC=O. The number of amides is 1. The van der Waals surface area contributed by atoms with Gasteiger partial charge in [-0.2, -0.15) is 0 Å². The zero-order valence-electron chi connectivity index (χ0n) is 15.2. The predicted octanol–water partition coefficient (Wildman–Crippen LogP) is 2.58. The molecule has 0 aromatic carbocycles. The highest BCUT2D eigenvalue weighted by Crippen LogP contribution is 2.13. The molecule has 3 N–H and O–H groups in total. The molecule has 0 fully saturated rings. The molecule has 0 aliphatic heterocycles. The Morgan fingerprint density at radius 2 is 2.08 bits per heavy atom. The zero-order chi connectivity index (χ0) is 18.0. The fraction of sp³-hybridized carbons (Fsp3) is 0.765. The van der Waals surface area contributed by atoms with Gasteiger partial charge < -0.3 is 20.5 Å². The molecule has 24 heavy (non-hydrogen) atoms. The smallest absolute Gasteiger partial charge is 0.273 e. The molecule has 0 radical (unpaired) electrons. The number of aliphatic hydroxyl groups is 1. The van der Waals surface area contributed by atoms with Gasteiger partial charge in [-0.15, -0.1) is 0 Å². The third-order valence-corrected chi connectivity index (χ3v) is 3.76.